The van der Waals surface area contributed by atoms with Gasteiger partial charge in [0.15, 0.2) is 11.6 Å². The van der Waals surface area contributed by atoms with Crippen molar-refractivity contribution in [3.8, 4) is 11.5 Å². The van der Waals surface area contributed by atoms with Crippen LogP contribution in [0.15, 0.2) is 36.4 Å². The largest absolute Gasteiger partial charge is 0.454 e. The van der Waals surface area contributed by atoms with Crippen molar-refractivity contribution in [2.45, 2.75) is 13.0 Å². The Hall–Kier alpha value is -1.29. The van der Waals surface area contributed by atoms with E-state index in [0.29, 0.717) is 21.4 Å². The molecule has 1 atom stereocenters. The van der Waals surface area contributed by atoms with E-state index < -0.39 is 5.82 Å². The molecule has 0 fully saturated rings. The summed E-state index contributed by atoms with van der Waals surface area (Å²) < 4.78 is 19.4. The third-order valence-corrected chi connectivity index (χ3v) is 3.34. The fourth-order valence-electron chi connectivity index (χ4n) is 1.65. The second kappa shape index (κ2) is 5.78. The summed E-state index contributed by atoms with van der Waals surface area (Å²) in [5, 5.41) is 0.757. The minimum atomic E-state index is -0.471. The highest BCUT2D eigenvalue weighted by atomic mass is 35.5. The molecule has 0 saturated carbocycles. The molecule has 0 bridgehead atoms. The van der Waals surface area contributed by atoms with E-state index in [1.807, 2.05) is 0 Å². The van der Waals surface area contributed by atoms with Crippen molar-refractivity contribution < 1.29 is 9.13 Å². The van der Waals surface area contributed by atoms with Crippen molar-refractivity contribution in [2.24, 2.45) is 5.73 Å². The lowest BCUT2D eigenvalue weighted by molar-refractivity contribution is 0.432. The topological polar surface area (TPSA) is 35.2 Å². The Balaban J connectivity index is 2.40. The second-order valence-corrected chi connectivity index (χ2v) is 4.94. The molecule has 0 amide bonds. The third-order valence-electron chi connectivity index (χ3n) is 2.60. The van der Waals surface area contributed by atoms with Crippen molar-refractivity contribution in [1.82, 2.24) is 0 Å². The molecule has 0 heterocycles. The van der Waals surface area contributed by atoms with Crippen LogP contribution >= 0.6 is 23.2 Å². The number of hydrogen-bond donors (Lipinski definition) is 1. The van der Waals surface area contributed by atoms with Gasteiger partial charge in [-0.3, -0.25) is 0 Å². The molecular formula is C14H12Cl2FNO. The van der Waals surface area contributed by atoms with Gasteiger partial charge < -0.3 is 10.5 Å². The molecule has 0 aliphatic rings. The van der Waals surface area contributed by atoms with Crippen molar-refractivity contribution in [3.63, 3.8) is 0 Å². The summed E-state index contributed by atoms with van der Waals surface area (Å²) >= 11 is 11.7. The summed E-state index contributed by atoms with van der Waals surface area (Å²) in [7, 11) is 0. The van der Waals surface area contributed by atoms with E-state index in [4.69, 9.17) is 33.7 Å². The molecule has 2 N–H and O–H groups in total. The zero-order valence-corrected chi connectivity index (χ0v) is 11.7. The molecule has 2 aromatic carbocycles. The lowest BCUT2D eigenvalue weighted by atomic mass is 10.1. The Morgan fingerprint density at radius 1 is 1.16 bits per heavy atom. The van der Waals surface area contributed by atoms with Crippen molar-refractivity contribution in [3.05, 3.63) is 57.8 Å². The number of benzene rings is 2. The summed E-state index contributed by atoms with van der Waals surface area (Å²) in [6, 6.07) is 9.03. The number of halogens is 3. The van der Waals surface area contributed by atoms with Crippen LogP contribution in [0, 0.1) is 5.82 Å². The van der Waals surface area contributed by atoms with Gasteiger partial charge in [-0.1, -0.05) is 35.3 Å². The smallest absolute Gasteiger partial charge is 0.167 e. The molecule has 0 radical (unpaired) electrons. The zero-order chi connectivity index (χ0) is 14.0. The van der Waals surface area contributed by atoms with Crippen LogP contribution < -0.4 is 10.5 Å². The van der Waals surface area contributed by atoms with Gasteiger partial charge in [0.1, 0.15) is 5.75 Å². The molecule has 1 unspecified atom stereocenters. The fourth-order valence-corrected chi connectivity index (χ4v) is 1.94. The van der Waals surface area contributed by atoms with Gasteiger partial charge in [-0.2, -0.15) is 0 Å². The van der Waals surface area contributed by atoms with Crippen LogP contribution in [0.2, 0.25) is 10.0 Å². The molecular weight excluding hydrogens is 288 g/mol. The fraction of sp³-hybridized carbons (Fsp3) is 0.143. The van der Waals surface area contributed by atoms with Crippen molar-refractivity contribution in [2.75, 3.05) is 0 Å². The first-order valence-corrected chi connectivity index (χ1v) is 6.41. The lowest BCUT2D eigenvalue weighted by Crippen LogP contribution is -2.07. The van der Waals surface area contributed by atoms with E-state index in [0.717, 1.165) is 0 Å². The first-order valence-electron chi connectivity index (χ1n) is 5.66. The number of ether oxygens (including phenoxy) is 1. The maximum Gasteiger partial charge on any atom is 0.167 e. The zero-order valence-electron chi connectivity index (χ0n) is 10.2. The second-order valence-electron chi connectivity index (χ2n) is 4.12. The number of para-hydroxylation sites is 1. The first kappa shape index (κ1) is 14.1. The standard InChI is InChI=1S/C14H12Cl2FNO/c1-8(18)10-3-2-4-13(17)14(10)19-9-5-6-11(15)12(16)7-9/h2-8H,18H2,1H3. The van der Waals surface area contributed by atoms with Gasteiger partial charge in [-0.25, -0.2) is 4.39 Å². The van der Waals surface area contributed by atoms with Gasteiger partial charge in [0.25, 0.3) is 0 Å². The molecule has 2 nitrogen and oxygen atoms in total. The SMILES string of the molecule is CC(N)c1cccc(F)c1Oc1ccc(Cl)c(Cl)c1. The van der Waals surface area contributed by atoms with Gasteiger partial charge in [0.05, 0.1) is 10.0 Å². The summed E-state index contributed by atoms with van der Waals surface area (Å²) in [4.78, 5) is 0. The molecule has 0 aliphatic carbocycles. The van der Waals surface area contributed by atoms with Crippen LogP contribution in [-0.2, 0) is 0 Å². The van der Waals surface area contributed by atoms with E-state index in [-0.39, 0.29) is 11.8 Å². The third kappa shape index (κ3) is 3.18. The lowest BCUT2D eigenvalue weighted by Gasteiger charge is -2.14. The quantitative estimate of drug-likeness (QED) is 0.871. The van der Waals surface area contributed by atoms with Gasteiger partial charge in [-0.05, 0) is 25.1 Å². The van der Waals surface area contributed by atoms with Gasteiger partial charge in [0, 0.05) is 17.7 Å². The van der Waals surface area contributed by atoms with Crippen LogP contribution in [0.1, 0.15) is 18.5 Å². The predicted octanol–water partition coefficient (Wildman–Crippen LogP) is 4.94. The highest BCUT2D eigenvalue weighted by Crippen LogP contribution is 2.34. The van der Waals surface area contributed by atoms with Crippen molar-refractivity contribution in [1.29, 1.82) is 0 Å². The summed E-state index contributed by atoms with van der Waals surface area (Å²) in [5.74, 6) is 0.0400. The Labute approximate surface area is 120 Å². The Bertz CT molecular complexity index is 602. The highest BCUT2D eigenvalue weighted by Gasteiger charge is 2.14. The van der Waals surface area contributed by atoms with Crippen molar-refractivity contribution >= 4 is 23.2 Å². The highest BCUT2D eigenvalue weighted by molar-refractivity contribution is 6.42. The van der Waals surface area contributed by atoms with Crippen LogP contribution in [0.25, 0.3) is 0 Å². The summed E-state index contributed by atoms with van der Waals surface area (Å²) in [6.45, 7) is 1.76. The van der Waals surface area contributed by atoms with E-state index in [1.54, 1.807) is 31.2 Å². The predicted molar refractivity (Wildman–Crippen MR) is 75.5 cm³/mol. The number of rotatable bonds is 3. The molecule has 0 aromatic heterocycles. The average molecular weight is 300 g/mol. The van der Waals surface area contributed by atoms with E-state index in [1.165, 1.54) is 12.1 Å². The molecule has 5 heteroatoms. The maximum absolute atomic E-state index is 13.8. The Morgan fingerprint density at radius 3 is 2.53 bits per heavy atom. The monoisotopic (exact) mass is 299 g/mol. The molecule has 2 aromatic rings. The van der Waals surface area contributed by atoms with E-state index in [2.05, 4.69) is 0 Å². The molecule has 100 valence electrons. The Morgan fingerprint density at radius 2 is 1.89 bits per heavy atom. The van der Waals surface area contributed by atoms with Gasteiger partial charge in [-0.15, -0.1) is 0 Å². The minimum absolute atomic E-state index is 0.107. The van der Waals surface area contributed by atoms with Crippen LogP contribution in [0.4, 0.5) is 4.39 Å². The molecule has 0 aliphatic heterocycles. The van der Waals surface area contributed by atoms with Gasteiger partial charge in [0.2, 0.25) is 0 Å². The summed E-state index contributed by atoms with van der Waals surface area (Å²) in [5.41, 5.74) is 6.39. The molecule has 0 saturated heterocycles. The number of nitrogens with two attached hydrogens (primary N) is 1. The minimum Gasteiger partial charge on any atom is -0.454 e. The van der Waals surface area contributed by atoms with E-state index >= 15 is 0 Å². The normalized spacial score (nSPS) is 12.3. The van der Waals surface area contributed by atoms with Crippen LogP contribution in [0.5, 0.6) is 11.5 Å². The first-order chi connectivity index (χ1) is 8.99. The number of hydrogen-bond acceptors (Lipinski definition) is 2. The summed E-state index contributed by atoms with van der Waals surface area (Å²) in [6.07, 6.45) is 0. The molecule has 0 spiro atoms. The van der Waals surface area contributed by atoms with Crippen LogP contribution in [-0.4, -0.2) is 0 Å². The van der Waals surface area contributed by atoms with E-state index in [9.17, 15) is 4.39 Å². The Kier molecular flexibility index (Phi) is 4.30. The molecule has 2 rings (SSSR count). The average Bonchev–Trinajstić information content (AvgIpc) is 2.36. The van der Waals surface area contributed by atoms with Crippen LogP contribution in [0.3, 0.4) is 0 Å². The van der Waals surface area contributed by atoms with Gasteiger partial charge >= 0.3 is 0 Å². The molecule has 19 heavy (non-hydrogen) atoms. The maximum atomic E-state index is 13.8.